The van der Waals surface area contributed by atoms with Gasteiger partial charge >= 0.3 is 6.03 Å². The molecule has 1 atom stereocenters. The molecule has 1 aliphatic rings. The van der Waals surface area contributed by atoms with Gasteiger partial charge in [0, 0.05) is 17.8 Å². The molecule has 110 valence electrons. The van der Waals surface area contributed by atoms with Gasteiger partial charge in [-0.05, 0) is 46.0 Å². The molecule has 2 heterocycles. The molecule has 0 saturated carbocycles. The fourth-order valence-electron chi connectivity index (χ4n) is 2.39. The average Bonchev–Trinajstić information content (AvgIpc) is 2.41. The van der Waals surface area contributed by atoms with E-state index in [1.54, 1.807) is 13.0 Å². The zero-order valence-electron chi connectivity index (χ0n) is 11.9. The Hall–Kier alpha value is -1.69. The summed E-state index contributed by atoms with van der Waals surface area (Å²) in [6.07, 6.45) is 4.57. The molecule has 2 N–H and O–H groups in total. The van der Waals surface area contributed by atoms with Crippen LogP contribution in [0.15, 0.2) is 18.5 Å². The number of amides is 2. The molecule has 1 fully saturated rings. The van der Waals surface area contributed by atoms with Crippen LogP contribution < -0.4 is 10.6 Å². The van der Waals surface area contributed by atoms with Crippen molar-refractivity contribution >= 4 is 6.03 Å². The maximum absolute atomic E-state index is 13.6. The van der Waals surface area contributed by atoms with Crippen molar-refractivity contribution in [3.05, 3.63) is 29.8 Å². The third-order valence-corrected chi connectivity index (χ3v) is 3.67. The zero-order chi connectivity index (χ0) is 14.5. The van der Waals surface area contributed by atoms with Crippen LogP contribution in [-0.2, 0) is 0 Å². The summed E-state index contributed by atoms with van der Waals surface area (Å²) in [6.45, 7) is 3.73. The Balaban J connectivity index is 1.84. The number of carbonyl (C=O) groups excluding carboxylic acids is 1. The first-order valence-corrected chi connectivity index (χ1v) is 6.91. The average molecular weight is 280 g/mol. The van der Waals surface area contributed by atoms with Crippen LogP contribution in [0.25, 0.3) is 0 Å². The van der Waals surface area contributed by atoms with Crippen LogP contribution in [0, 0.1) is 5.82 Å². The standard InChI is InChI=1S/C14H21FN4O/c1-10(12-3-6-16-9-13(12)15)17-14(20)18-11-4-7-19(2)8-5-11/h3,6,9-11H,4-5,7-8H2,1-2H3,(H2,17,18,20)/t10-/m1/s1. The topological polar surface area (TPSA) is 57.3 Å². The Kier molecular flexibility index (Phi) is 4.89. The van der Waals surface area contributed by atoms with Crippen LogP contribution in [0.1, 0.15) is 31.4 Å². The van der Waals surface area contributed by atoms with Crippen molar-refractivity contribution in [1.29, 1.82) is 0 Å². The van der Waals surface area contributed by atoms with Gasteiger partial charge in [0.25, 0.3) is 0 Å². The van der Waals surface area contributed by atoms with Crippen LogP contribution in [0.2, 0.25) is 0 Å². The minimum Gasteiger partial charge on any atom is -0.335 e. The van der Waals surface area contributed by atoms with Crippen LogP contribution in [0.5, 0.6) is 0 Å². The first-order chi connectivity index (χ1) is 9.56. The van der Waals surface area contributed by atoms with Crippen LogP contribution in [0.4, 0.5) is 9.18 Å². The lowest BCUT2D eigenvalue weighted by Crippen LogP contribution is -2.47. The number of likely N-dealkylation sites (tertiary alicyclic amines) is 1. The van der Waals surface area contributed by atoms with Crippen molar-refractivity contribution in [2.75, 3.05) is 20.1 Å². The van der Waals surface area contributed by atoms with Gasteiger partial charge in [-0.3, -0.25) is 4.98 Å². The number of piperidine rings is 1. The third-order valence-electron chi connectivity index (χ3n) is 3.67. The molecule has 1 aromatic rings. The predicted molar refractivity (Wildman–Crippen MR) is 74.8 cm³/mol. The van der Waals surface area contributed by atoms with E-state index in [1.807, 2.05) is 0 Å². The Morgan fingerprint density at radius 2 is 2.20 bits per heavy atom. The van der Waals surface area contributed by atoms with Gasteiger partial charge < -0.3 is 15.5 Å². The quantitative estimate of drug-likeness (QED) is 0.885. The first-order valence-electron chi connectivity index (χ1n) is 6.91. The van der Waals surface area contributed by atoms with Crippen molar-refractivity contribution in [3.8, 4) is 0 Å². The normalized spacial score (nSPS) is 18.6. The molecule has 2 amide bonds. The number of halogens is 1. The Labute approximate surface area is 118 Å². The molecular weight excluding hydrogens is 259 g/mol. The van der Waals surface area contributed by atoms with Crippen molar-refractivity contribution in [2.45, 2.75) is 31.8 Å². The highest BCUT2D eigenvalue weighted by Gasteiger charge is 2.20. The summed E-state index contributed by atoms with van der Waals surface area (Å²) in [5.41, 5.74) is 0.443. The van der Waals surface area contributed by atoms with Gasteiger partial charge in [0.2, 0.25) is 0 Å². The molecule has 0 unspecified atom stereocenters. The van der Waals surface area contributed by atoms with E-state index in [9.17, 15) is 9.18 Å². The number of nitrogens with zero attached hydrogens (tertiary/aromatic N) is 2. The molecule has 20 heavy (non-hydrogen) atoms. The van der Waals surface area contributed by atoms with Gasteiger partial charge in [0.15, 0.2) is 0 Å². The summed E-state index contributed by atoms with van der Waals surface area (Å²) in [6, 6.07) is 1.14. The Morgan fingerprint density at radius 1 is 1.50 bits per heavy atom. The lowest BCUT2D eigenvalue weighted by Gasteiger charge is -2.29. The molecule has 0 aliphatic carbocycles. The van der Waals surface area contributed by atoms with Crippen molar-refractivity contribution < 1.29 is 9.18 Å². The fraction of sp³-hybridized carbons (Fsp3) is 0.571. The molecule has 6 heteroatoms. The molecule has 0 spiro atoms. The largest absolute Gasteiger partial charge is 0.335 e. The molecular formula is C14H21FN4O. The molecule has 1 aromatic heterocycles. The number of hydrogen-bond donors (Lipinski definition) is 2. The SMILES string of the molecule is C[C@@H](NC(=O)NC1CCN(C)CC1)c1ccncc1F. The Bertz CT molecular complexity index is 460. The molecule has 1 saturated heterocycles. The van der Waals surface area contributed by atoms with E-state index < -0.39 is 5.82 Å². The maximum Gasteiger partial charge on any atom is 0.315 e. The van der Waals surface area contributed by atoms with Crippen molar-refractivity contribution in [3.63, 3.8) is 0 Å². The summed E-state index contributed by atoms with van der Waals surface area (Å²) >= 11 is 0. The lowest BCUT2D eigenvalue weighted by molar-refractivity contribution is 0.212. The summed E-state index contributed by atoms with van der Waals surface area (Å²) in [5, 5.41) is 5.71. The van der Waals surface area contributed by atoms with E-state index in [2.05, 4.69) is 27.6 Å². The molecule has 0 aromatic carbocycles. The van der Waals surface area contributed by atoms with Crippen molar-refractivity contribution in [1.82, 2.24) is 20.5 Å². The number of nitrogens with one attached hydrogen (secondary N) is 2. The molecule has 1 aliphatic heterocycles. The van der Waals surface area contributed by atoms with Gasteiger partial charge in [0.1, 0.15) is 5.82 Å². The van der Waals surface area contributed by atoms with Gasteiger partial charge in [-0.15, -0.1) is 0 Å². The second kappa shape index (κ2) is 6.65. The van der Waals surface area contributed by atoms with Crippen LogP contribution in [0.3, 0.4) is 0 Å². The molecule has 2 rings (SSSR count). The summed E-state index contributed by atoms with van der Waals surface area (Å²) < 4.78 is 13.6. The molecule has 5 nitrogen and oxygen atoms in total. The van der Waals surface area contributed by atoms with Crippen LogP contribution in [-0.4, -0.2) is 42.1 Å². The number of hydrogen-bond acceptors (Lipinski definition) is 3. The second-order valence-electron chi connectivity index (χ2n) is 5.31. The number of pyridine rings is 1. The minimum absolute atomic E-state index is 0.195. The van der Waals surface area contributed by atoms with Crippen molar-refractivity contribution in [2.24, 2.45) is 0 Å². The van der Waals surface area contributed by atoms with Gasteiger partial charge in [-0.25, -0.2) is 9.18 Å². The minimum atomic E-state index is -0.403. The summed E-state index contributed by atoms with van der Waals surface area (Å²) in [5.74, 6) is -0.403. The highest BCUT2D eigenvalue weighted by atomic mass is 19.1. The summed E-state index contributed by atoms with van der Waals surface area (Å²) in [7, 11) is 2.07. The number of carbonyl (C=O) groups is 1. The van der Waals surface area contributed by atoms with E-state index in [0.29, 0.717) is 5.56 Å². The van der Waals surface area contributed by atoms with Gasteiger partial charge in [0.05, 0.1) is 12.2 Å². The number of urea groups is 1. The zero-order valence-corrected chi connectivity index (χ0v) is 11.9. The first kappa shape index (κ1) is 14.7. The molecule has 0 bridgehead atoms. The van der Waals surface area contributed by atoms with Crippen LogP contribution >= 0.6 is 0 Å². The van der Waals surface area contributed by atoms with Gasteiger partial charge in [-0.1, -0.05) is 0 Å². The fourth-order valence-corrected chi connectivity index (χ4v) is 2.39. The number of aromatic nitrogens is 1. The van der Waals surface area contributed by atoms with E-state index in [4.69, 9.17) is 0 Å². The lowest BCUT2D eigenvalue weighted by atomic mass is 10.1. The monoisotopic (exact) mass is 280 g/mol. The third kappa shape index (κ3) is 3.90. The number of rotatable bonds is 3. The Morgan fingerprint density at radius 3 is 2.85 bits per heavy atom. The predicted octanol–water partition coefficient (Wildman–Crippen LogP) is 1.68. The smallest absolute Gasteiger partial charge is 0.315 e. The highest BCUT2D eigenvalue weighted by molar-refractivity contribution is 5.74. The molecule has 0 radical (unpaired) electrons. The maximum atomic E-state index is 13.6. The highest BCUT2D eigenvalue weighted by Crippen LogP contribution is 2.15. The van der Waals surface area contributed by atoms with E-state index in [-0.39, 0.29) is 18.1 Å². The summed E-state index contributed by atoms with van der Waals surface area (Å²) in [4.78, 5) is 17.9. The van der Waals surface area contributed by atoms with E-state index >= 15 is 0 Å². The van der Waals surface area contributed by atoms with E-state index in [0.717, 1.165) is 32.1 Å². The second-order valence-corrected chi connectivity index (χ2v) is 5.31. The van der Waals surface area contributed by atoms with Gasteiger partial charge in [-0.2, -0.15) is 0 Å². The van der Waals surface area contributed by atoms with E-state index in [1.165, 1.54) is 6.20 Å².